The molecule has 4 heteroatoms. The van der Waals surface area contributed by atoms with Gasteiger partial charge in [-0.05, 0) is 53.1 Å². The largest absolute Gasteiger partial charge is 0.444 e. The Labute approximate surface area is 105 Å². The van der Waals surface area contributed by atoms with Crippen LogP contribution in [0.2, 0.25) is 0 Å². The lowest BCUT2D eigenvalue weighted by atomic mass is 10.2. The van der Waals surface area contributed by atoms with Crippen LogP contribution in [0.15, 0.2) is 0 Å². The molecule has 0 bridgehead atoms. The van der Waals surface area contributed by atoms with Crippen LogP contribution in [0, 0.1) is 0 Å². The van der Waals surface area contributed by atoms with E-state index in [2.05, 4.69) is 17.1 Å². The van der Waals surface area contributed by atoms with Gasteiger partial charge in [0.15, 0.2) is 0 Å². The quantitative estimate of drug-likeness (QED) is 0.823. The van der Waals surface area contributed by atoms with Crippen molar-refractivity contribution in [2.45, 2.75) is 58.6 Å². The Kier molecular flexibility index (Phi) is 5.25. The van der Waals surface area contributed by atoms with Crippen LogP contribution in [0.5, 0.6) is 0 Å². The topological polar surface area (TPSA) is 41.6 Å². The van der Waals surface area contributed by atoms with Gasteiger partial charge in [-0.15, -0.1) is 0 Å². The minimum absolute atomic E-state index is 0.305. The van der Waals surface area contributed by atoms with Crippen molar-refractivity contribution >= 4 is 6.09 Å². The minimum Gasteiger partial charge on any atom is -0.444 e. The van der Waals surface area contributed by atoms with Crippen LogP contribution in [0.1, 0.15) is 47.0 Å². The Morgan fingerprint density at radius 2 is 2.18 bits per heavy atom. The predicted octanol–water partition coefficient (Wildman–Crippen LogP) is 2.39. The van der Waals surface area contributed by atoms with E-state index in [1.54, 1.807) is 0 Å². The van der Waals surface area contributed by atoms with E-state index in [1.165, 1.54) is 19.3 Å². The van der Waals surface area contributed by atoms with Gasteiger partial charge in [0.2, 0.25) is 0 Å². The lowest BCUT2D eigenvalue weighted by Gasteiger charge is -2.25. The number of amides is 1. The molecule has 1 N–H and O–H groups in total. The molecule has 0 spiro atoms. The van der Waals surface area contributed by atoms with Gasteiger partial charge < -0.3 is 10.1 Å². The number of rotatable bonds is 4. The number of likely N-dealkylation sites (tertiary alicyclic amines) is 1. The van der Waals surface area contributed by atoms with Crippen LogP contribution >= 0.6 is 0 Å². The highest BCUT2D eigenvalue weighted by Crippen LogP contribution is 2.16. The van der Waals surface area contributed by atoms with E-state index in [4.69, 9.17) is 4.74 Å². The summed E-state index contributed by atoms with van der Waals surface area (Å²) < 4.78 is 5.22. The fourth-order valence-corrected chi connectivity index (χ4v) is 2.22. The Morgan fingerprint density at radius 3 is 2.76 bits per heavy atom. The normalized spacial score (nSPS) is 21.5. The van der Waals surface area contributed by atoms with Crippen LogP contribution in [0.3, 0.4) is 0 Å². The molecule has 1 atom stereocenters. The predicted molar refractivity (Wildman–Crippen MR) is 69.1 cm³/mol. The van der Waals surface area contributed by atoms with Crippen molar-refractivity contribution in [1.29, 1.82) is 0 Å². The number of carbonyl (C=O) groups is 1. The number of ether oxygens (including phenoxy) is 1. The zero-order chi connectivity index (χ0) is 12.9. The monoisotopic (exact) mass is 242 g/mol. The third kappa shape index (κ3) is 5.39. The molecular formula is C13H26N2O2. The van der Waals surface area contributed by atoms with Gasteiger partial charge in [-0.1, -0.05) is 6.92 Å². The minimum atomic E-state index is -0.414. The molecule has 1 saturated heterocycles. The van der Waals surface area contributed by atoms with Crippen LogP contribution in [0.4, 0.5) is 4.79 Å². The molecule has 1 aliphatic heterocycles. The molecule has 17 heavy (non-hydrogen) atoms. The second-order valence-corrected chi connectivity index (χ2v) is 5.71. The van der Waals surface area contributed by atoms with Crippen molar-refractivity contribution in [3.05, 3.63) is 0 Å². The summed E-state index contributed by atoms with van der Waals surface area (Å²) in [6, 6.07) is 0.488. The number of nitrogens with zero attached hydrogens (tertiary/aromatic N) is 1. The Hall–Kier alpha value is -0.770. The smallest absolute Gasteiger partial charge is 0.407 e. The van der Waals surface area contributed by atoms with Gasteiger partial charge in [-0.2, -0.15) is 0 Å². The summed E-state index contributed by atoms with van der Waals surface area (Å²) >= 11 is 0. The molecule has 1 amide bonds. The van der Waals surface area contributed by atoms with Crippen molar-refractivity contribution in [3.63, 3.8) is 0 Å². The summed E-state index contributed by atoms with van der Waals surface area (Å²) in [5, 5.41) is 2.87. The van der Waals surface area contributed by atoms with Crippen molar-refractivity contribution < 1.29 is 9.53 Å². The molecule has 0 radical (unpaired) electrons. The van der Waals surface area contributed by atoms with Gasteiger partial charge in [0.25, 0.3) is 0 Å². The Morgan fingerprint density at radius 1 is 1.47 bits per heavy atom. The lowest BCUT2D eigenvalue weighted by molar-refractivity contribution is 0.0513. The molecule has 4 nitrogen and oxygen atoms in total. The first-order chi connectivity index (χ1) is 7.92. The van der Waals surface area contributed by atoms with Crippen molar-refractivity contribution in [2.24, 2.45) is 0 Å². The fourth-order valence-electron chi connectivity index (χ4n) is 2.22. The number of hydrogen-bond donors (Lipinski definition) is 1. The first-order valence-electron chi connectivity index (χ1n) is 6.63. The second-order valence-electron chi connectivity index (χ2n) is 5.71. The van der Waals surface area contributed by atoms with Gasteiger partial charge in [0.05, 0.1) is 0 Å². The summed E-state index contributed by atoms with van der Waals surface area (Å²) in [6.45, 7) is 10.8. The first-order valence-corrected chi connectivity index (χ1v) is 6.63. The Balaban J connectivity index is 2.27. The molecule has 100 valence electrons. The standard InChI is InChI=1S/C13H26N2O2/c1-5-8-15-9-6-7-11(15)10-14-12(16)17-13(2,3)4/h11H,5-10H2,1-4H3,(H,14,16)/t11-/m0/s1. The fraction of sp³-hybridized carbons (Fsp3) is 0.923. The summed E-state index contributed by atoms with van der Waals surface area (Å²) in [5.74, 6) is 0. The average molecular weight is 242 g/mol. The number of alkyl carbamates (subject to hydrolysis) is 1. The summed E-state index contributed by atoms with van der Waals surface area (Å²) in [6.07, 6.45) is 3.28. The first kappa shape index (κ1) is 14.3. The summed E-state index contributed by atoms with van der Waals surface area (Å²) in [5.41, 5.74) is -0.414. The van der Waals surface area contributed by atoms with Crippen LogP contribution < -0.4 is 5.32 Å². The van der Waals surface area contributed by atoms with Gasteiger partial charge in [0, 0.05) is 12.6 Å². The van der Waals surface area contributed by atoms with Gasteiger partial charge in [-0.25, -0.2) is 4.79 Å². The maximum atomic E-state index is 11.5. The summed E-state index contributed by atoms with van der Waals surface area (Å²) in [4.78, 5) is 14.0. The molecule has 0 unspecified atom stereocenters. The number of nitrogens with one attached hydrogen (secondary N) is 1. The molecular weight excluding hydrogens is 216 g/mol. The molecule has 1 heterocycles. The van der Waals surface area contributed by atoms with E-state index < -0.39 is 5.60 Å². The third-order valence-corrected chi connectivity index (χ3v) is 2.89. The van der Waals surface area contributed by atoms with Gasteiger partial charge in [0.1, 0.15) is 5.60 Å². The van der Waals surface area contributed by atoms with E-state index >= 15 is 0 Å². The third-order valence-electron chi connectivity index (χ3n) is 2.89. The zero-order valence-electron chi connectivity index (χ0n) is 11.6. The zero-order valence-corrected chi connectivity index (χ0v) is 11.6. The van der Waals surface area contributed by atoms with E-state index in [9.17, 15) is 4.79 Å². The number of carbonyl (C=O) groups excluding carboxylic acids is 1. The van der Waals surface area contributed by atoms with Gasteiger partial charge >= 0.3 is 6.09 Å². The maximum Gasteiger partial charge on any atom is 0.407 e. The van der Waals surface area contributed by atoms with Crippen molar-refractivity contribution in [1.82, 2.24) is 10.2 Å². The second kappa shape index (κ2) is 6.24. The van der Waals surface area contributed by atoms with Crippen LogP contribution in [-0.4, -0.2) is 42.3 Å². The SMILES string of the molecule is CCCN1CCC[C@H]1CNC(=O)OC(C)(C)C. The highest BCUT2D eigenvalue weighted by Gasteiger charge is 2.24. The van der Waals surface area contributed by atoms with E-state index in [-0.39, 0.29) is 6.09 Å². The lowest BCUT2D eigenvalue weighted by Crippen LogP contribution is -2.42. The molecule has 0 aliphatic carbocycles. The van der Waals surface area contributed by atoms with Crippen molar-refractivity contribution in [3.8, 4) is 0 Å². The highest BCUT2D eigenvalue weighted by atomic mass is 16.6. The van der Waals surface area contributed by atoms with E-state index in [0.717, 1.165) is 13.1 Å². The van der Waals surface area contributed by atoms with Crippen molar-refractivity contribution in [2.75, 3.05) is 19.6 Å². The molecule has 0 aromatic heterocycles. The number of hydrogen-bond acceptors (Lipinski definition) is 3. The molecule has 1 rings (SSSR count). The molecule has 1 aliphatic rings. The van der Waals surface area contributed by atoms with Crippen LogP contribution in [0.25, 0.3) is 0 Å². The summed E-state index contributed by atoms with van der Waals surface area (Å²) in [7, 11) is 0. The Bertz CT molecular complexity index is 248. The van der Waals surface area contributed by atoms with Gasteiger partial charge in [-0.3, -0.25) is 4.90 Å². The van der Waals surface area contributed by atoms with E-state index in [0.29, 0.717) is 12.6 Å². The van der Waals surface area contributed by atoms with Crippen LogP contribution in [-0.2, 0) is 4.74 Å². The molecule has 0 saturated carbocycles. The highest BCUT2D eigenvalue weighted by molar-refractivity contribution is 5.67. The molecule has 0 aromatic rings. The van der Waals surface area contributed by atoms with E-state index in [1.807, 2.05) is 20.8 Å². The molecule has 0 aromatic carbocycles. The molecule has 1 fully saturated rings. The average Bonchev–Trinajstić information content (AvgIpc) is 2.60. The maximum absolute atomic E-state index is 11.5.